The molecular formula is C13H14FNS. The second-order valence-electron chi connectivity index (χ2n) is 3.79. The average Bonchev–Trinajstić information content (AvgIpc) is 2.66. The van der Waals surface area contributed by atoms with Crippen LogP contribution in [-0.2, 0) is 0 Å². The SMILES string of the molecule is Cc1ccc(C(CN)c2cccc(F)c2)s1. The molecule has 3 heteroatoms. The number of hydrogen-bond donors (Lipinski definition) is 1. The van der Waals surface area contributed by atoms with Crippen LogP contribution in [0.15, 0.2) is 36.4 Å². The van der Waals surface area contributed by atoms with Gasteiger partial charge in [0.25, 0.3) is 0 Å². The Labute approximate surface area is 98.7 Å². The fourth-order valence-electron chi connectivity index (χ4n) is 1.78. The smallest absolute Gasteiger partial charge is 0.123 e. The van der Waals surface area contributed by atoms with Crippen molar-refractivity contribution < 1.29 is 4.39 Å². The number of halogens is 1. The minimum Gasteiger partial charge on any atom is -0.329 e. The standard InChI is InChI=1S/C13H14FNS/c1-9-5-6-13(16-9)12(8-15)10-3-2-4-11(14)7-10/h2-7,12H,8,15H2,1H3. The molecule has 2 aromatic rings. The first-order chi connectivity index (χ1) is 7.70. The van der Waals surface area contributed by atoms with E-state index in [9.17, 15) is 4.39 Å². The maximum atomic E-state index is 13.1. The Morgan fingerprint density at radius 2 is 2.12 bits per heavy atom. The molecule has 84 valence electrons. The third-order valence-electron chi connectivity index (χ3n) is 2.59. The predicted molar refractivity (Wildman–Crippen MR) is 66.4 cm³/mol. The number of hydrogen-bond acceptors (Lipinski definition) is 2. The molecule has 1 aromatic carbocycles. The Kier molecular flexibility index (Phi) is 3.36. The summed E-state index contributed by atoms with van der Waals surface area (Å²) in [5, 5.41) is 0. The Balaban J connectivity index is 2.36. The second-order valence-corrected chi connectivity index (χ2v) is 5.11. The molecule has 16 heavy (non-hydrogen) atoms. The molecule has 0 aliphatic carbocycles. The van der Waals surface area contributed by atoms with Crippen LogP contribution in [0.25, 0.3) is 0 Å². The Morgan fingerprint density at radius 1 is 1.31 bits per heavy atom. The van der Waals surface area contributed by atoms with E-state index in [4.69, 9.17) is 5.73 Å². The molecule has 0 radical (unpaired) electrons. The monoisotopic (exact) mass is 235 g/mol. The highest BCUT2D eigenvalue weighted by Crippen LogP contribution is 2.29. The van der Waals surface area contributed by atoms with Crippen molar-refractivity contribution in [3.63, 3.8) is 0 Å². The molecule has 0 saturated carbocycles. The molecule has 0 fully saturated rings. The minimum atomic E-state index is -0.204. The van der Waals surface area contributed by atoms with Crippen molar-refractivity contribution in [2.24, 2.45) is 5.73 Å². The van der Waals surface area contributed by atoms with Gasteiger partial charge in [-0.2, -0.15) is 0 Å². The molecule has 0 aliphatic rings. The largest absolute Gasteiger partial charge is 0.329 e. The van der Waals surface area contributed by atoms with Crippen molar-refractivity contribution in [2.75, 3.05) is 6.54 Å². The number of nitrogens with two attached hydrogens (primary N) is 1. The van der Waals surface area contributed by atoms with Crippen molar-refractivity contribution in [2.45, 2.75) is 12.8 Å². The number of benzene rings is 1. The van der Waals surface area contributed by atoms with Gasteiger partial charge in [-0.05, 0) is 36.8 Å². The third kappa shape index (κ3) is 2.31. The zero-order valence-corrected chi connectivity index (χ0v) is 9.93. The first-order valence-electron chi connectivity index (χ1n) is 5.22. The van der Waals surface area contributed by atoms with Gasteiger partial charge in [0, 0.05) is 22.2 Å². The van der Waals surface area contributed by atoms with Gasteiger partial charge in [-0.15, -0.1) is 11.3 Å². The molecule has 0 spiro atoms. The van der Waals surface area contributed by atoms with E-state index in [2.05, 4.69) is 19.1 Å². The van der Waals surface area contributed by atoms with Crippen molar-refractivity contribution in [3.8, 4) is 0 Å². The summed E-state index contributed by atoms with van der Waals surface area (Å²) < 4.78 is 13.1. The van der Waals surface area contributed by atoms with Gasteiger partial charge in [0.1, 0.15) is 5.82 Å². The fraction of sp³-hybridized carbons (Fsp3) is 0.231. The van der Waals surface area contributed by atoms with E-state index in [1.807, 2.05) is 6.07 Å². The van der Waals surface area contributed by atoms with Crippen LogP contribution in [-0.4, -0.2) is 6.54 Å². The van der Waals surface area contributed by atoms with Gasteiger partial charge in [-0.25, -0.2) is 4.39 Å². The maximum absolute atomic E-state index is 13.1. The highest BCUT2D eigenvalue weighted by molar-refractivity contribution is 7.12. The van der Waals surface area contributed by atoms with Crippen molar-refractivity contribution >= 4 is 11.3 Å². The molecular weight excluding hydrogens is 221 g/mol. The van der Waals surface area contributed by atoms with Crippen LogP contribution in [0.3, 0.4) is 0 Å². The summed E-state index contributed by atoms with van der Waals surface area (Å²) >= 11 is 1.72. The van der Waals surface area contributed by atoms with E-state index in [0.29, 0.717) is 6.54 Å². The predicted octanol–water partition coefficient (Wildman–Crippen LogP) is 3.29. The van der Waals surface area contributed by atoms with Gasteiger partial charge in [0.15, 0.2) is 0 Å². The Hall–Kier alpha value is -1.19. The van der Waals surface area contributed by atoms with Crippen LogP contribution in [0.2, 0.25) is 0 Å². The van der Waals surface area contributed by atoms with Gasteiger partial charge < -0.3 is 5.73 Å². The Bertz CT molecular complexity index is 478. The van der Waals surface area contributed by atoms with Crippen LogP contribution < -0.4 is 5.73 Å². The lowest BCUT2D eigenvalue weighted by Gasteiger charge is -2.13. The van der Waals surface area contributed by atoms with Crippen LogP contribution in [0.4, 0.5) is 4.39 Å². The lowest BCUT2D eigenvalue weighted by atomic mass is 9.97. The summed E-state index contributed by atoms with van der Waals surface area (Å²) in [7, 11) is 0. The summed E-state index contributed by atoms with van der Waals surface area (Å²) in [6.45, 7) is 2.57. The molecule has 1 nitrogen and oxygen atoms in total. The molecule has 1 aromatic heterocycles. The van der Waals surface area contributed by atoms with Gasteiger partial charge in [-0.1, -0.05) is 12.1 Å². The normalized spacial score (nSPS) is 12.7. The summed E-state index contributed by atoms with van der Waals surface area (Å²) in [6.07, 6.45) is 0. The highest BCUT2D eigenvalue weighted by atomic mass is 32.1. The van der Waals surface area contributed by atoms with Crippen LogP contribution in [0, 0.1) is 12.7 Å². The molecule has 1 atom stereocenters. The number of rotatable bonds is 3. The van der Waals surface area contributed by atoms with E-state index < -0.39 is 0 Å². The highest BCUT2D eigenvalue weighted by Gasteiger charge is 2.14. The van der Waals surface area contributed by atoms with Gasteiger partial charge >= 0.3 is 0 Å². The summed E-state index contributed by atoms with van der Waals surface area (Å²) in [5.74, 6) is -0.0985. The molecule has 1 unspecified atom stereocenters. The van der Waals surface area contributed by atoms with E-state index >= 15 is 0 Å². The van der Waals surface area contributed by atoms with Crippen molar-refractivity contribution in [1.82, 2.24) is 0 Å². The summed E-state index contributed by atoms with van der Waals surface area (Å²) in [4.78, 5) is 2.45. The molecule has 0 saturated heterocycles. The molecule has 2 rings (SSSR count). The summed E-state index contributed by atoms with van der Waals surface area (Å²) in [6, 6.07) is 10.8. The topological polar surface area (TPSA) is 26.0 Å². The second kappa shape index (κ2) is 4.76. The van der Waals surface area contributed by atoms with E-state index in [0.717, 1.165) is 5.56 Å². The zero-order chi connectivity index (χ0) is 11.5. The summed E-state index contributed by atoms with van der Waals surface area (Å²) in [5.41, 5.74) is 6.73. The molecule has 1 heterocycles. The molecule has 2 N–H and O–H groups in total. The maximum Gasteiger partial charge on any atom is 0.123 e. The van der Waals surface area contributed by atoms with Crippen molar-refractivity contribution in [1.29, 1.82) is 0 Å². The quantitative estimate of drug-likeness (QED) is 0.868. The molecule has 0 amide bonds. The van der Waals surface area contributed by atoms with E-state index in [1.54, 1.807) is 23.5 Å². The third-order valence-corrected chi connectivity index (χ3v) is 3.71. The van der Waals surface area contributed by atoms with E-state index in [-0.39, 0.29) is 11.7 Å². The Morgan fingerprint density at radius 3 is 2.69 bits per heavy atom. The first-order valence-corrected chi connectivity index (χ1v) is 6.04. The minimum absolute atomic E-state index is 0.106. The fourth-order valence-corrected chi connectivity index (χ4v) is 2.80. The molecule has 0 aliphatic heterocycles. The zero-order valence-electron chi connectivity index (χ0n) is 9.11. The van der Waals surface area contributed by atoms with Crippen molar-refractivity contribution in [3.05, 3.63) is 57.5 Å². The van der Waals surface area contributed by atoms with Gasteiger partial charge in [0.05, 0.1) is 0 Å². The number of thiophene rings is 1. The van der Waals surface area contributed by atoms with E-state index in [1.165, 1.54) is 15.8 Å². The van der Waals surface area contributed by atoms with Crippen LogP contribution >= 0.6 is 11.3 Å². The van der Waals surface area contributed by atoms with Gasteiger partial charge in [-0.3, -0.25) is 0 Å². The van der Waals surface area contributed by atoms with Gasteiger partial charge in [0.2, 0.25) is 0 Å². The average molecular weight is 235 g/mol. The molecule has 0 bridgehead atoms. The van der Waals surface area contributed by atoms with Crippen LogP contribution in [0.5, 0.6) is 0 Å². The first kappa shape index (κ1) is 11.3. The lowest BCUT2D eigenvalue weighted by molar-refractivity contribution is 0.623. The lowest BCUT2D eigenvalue weighted by Crippen LogP contribution is -2.12. The number of aryl methyl sites for hydroxylation is 1. The van der Waals surface area contributed by atoms with Crippen LogP contribution in [0.1, 0.15) is 21.2 Å².